The average Bonchev–Trinajstić information content (AvgIpc) is 2.46. The minimum Gasteiger partial charge on any atom is -0.371 e. The molecule has 6 heteroatoms. The van der Waals surface area contributed by atoms with Crippen LogP contribution in [0.15, 0.2) is 54.6 Å². The van der Waals surface area contributed by atoms with Crippen molar-refractivity contribution < 1.29 is 9.72 Å². The second kappa shape index (κ2) is 6.33. The van der Waals surface area contributed by atoms with Gasteiger partial charge in [-0.2, -0.15) is 0 Å². The Hall–Kier alpha value is -2.89. The molecule has 0 unspecified atom stereocenters. The van der Waals surface area contributed by atoms with Crippen LogP contribution in [0.5, 0.6) is 0 Å². The summed E-state index contributed by atoms with van der Waals surface area (Å²) in [5.74, 6) is -0.269. The van der Waals surface area contributed by atoms with E-state index in [4.69, 9.17) is 0 Å². The summed E-state index contributed by atoms with van der Waals surface area (Å²) in [4.78, 5) is 22.1. The molecular weight excluding hydrogens is 258 g/mol. The van der Waals surface area contributed by atoms with Crippen LogP contribution < -0.4 is 10.6 Å². The number of nitro groups is 1. The van der Waals surface area contributed by atoms with Crippen molar-refractivity contribution in [2.24, 2.45) is 0 Å². The maximum atomic E-state index is 11.7. The highest BCUT2D eigenvalue weighted by atomic mass is 16.6. The highest BCUT2D eigenvalue weighted by molar-refractivity contribution is 5.94. The number of carbonyl (C=O) groups is 1. The second-order valence-corrected chi connectivity index (χ2v) is 4.04. The standard InChI is InChI=1S/C14H13N3O3/c18-14(16-11-6-2-1-3-7-11)10-15-12-8-4-5-9-13(12)17(19)20/h1-9,15H,10H2,(H,16,18). The fourth-order valence-corrected chi connectivity index (χ4v) is 1.68. The number of nitrogens with one attached hydrogen (secondary N) is 2. The van der Waals surface area contributed by atoms with E-state index < -0.39 is 4.92 Å². The Morgan fingerprint density at radius 3 is 2.40 bits per heavy atom. The maximum Gasteiger partial charge on any atom is 0.292 e. The number of hydrogen-bond donors (Lipinski definition) is 2. The van der Waals surface area contributed by atoms with E-state index in [0.717, 1.165) is 0 Å². The van der Waals surface area contributed by atoms with Crippen molar-refractivity contribution in [3.05, 3.63) is 64.7 Å². The van der Waals surface area contributed by atoms with Crippen molar-refractivity contribution in [1.82, 2.24) is 0 Å². The van der Waals surface area contributed by atoms with Crippen LogP contribution in [-0.2, 0) is 4.79 Å². The molecule has 2 aromatic rings. The summed E-state index contributed by atoms with van der Waals surface area (Å²) in [6, 6.07) is 15.2. The zero-order valence-electron chi connectivity index (χ0n) is 10.6. The molecule has 0 aliphatic carbocycles. The Morgan fingerprint density at radius 1 is 1.05 bits per heavy atom. The van der Waals surface area contributed by atoms with Crippen LogP contribution >= 0.6 is 0 Å². The van der Waals surface area contributed by atoms with E-state index in [9.17, 15) is 14.9 Å². The lowest BCUT2D eigenvalue weighted by atomic mass is 10.2. The first kappa shape index (κ1) is 13.5. The number of hydrogen-bond acceptors (Lipinski definition) is 4. The van der Waals surface area contributed by atoms with Gasteiger partial charge in [-0.15, -0.1) is 0 Å². The topological polar surface area (TPSA) is 84.3 Å². The predicted octanol–water partition coefficient (Wildman–Crippen LogP) is 2.65. The van der Waals surface area contributed by atoms with Crippen LogP contribution in [0.25, 0.3) is 0 Å². The van der Waals surface area contributed by atoms with E-state index in [1.54, 1.807) is 30.3 Å². The van der Waals surface area contributed by atoms with Crippen molar-refractivity contribution >= 4 is 23.0 Å². The molecule has 0 aliphatic heterocycles. The number of amides is 1. The molecule has 0 bridgehead atoms. The number of carbonyl (C=O) groups excluding carboxylic acids is 1. The molecule has 2 rings (SSSR count). The van der Waals surface area contributed by atoms with Gasteiger partial charge in [0.25, 0.3) is 5.69 Å². The van der Waals surface area contributed by atoms with Gasteiger partial charge in [-0.25, -0.2) is 0 Å². The van der Waals surface area contributed by atoms with Crippen LogP contribution in [0.3, 0.4) is 0 Å². The third-order valence-electron chi connectivity index (χ3n) is 2.60. The zero-order chi connectivity index (χ0) is 14.4. The van der Waals surface area contributed by atoms with Gasteiger partial charge in [0, 0.05) is 11.8 Å². The lowest BCUT2D eigenvalue weighted by Crippen LogP contribution is -2.22. The summed E-state index contributed by atoms with van der Waals surface area (Å²) in [6.45, 7) is -0.0419. The van der Waals surface area contributed by atoms with Gasteiger partial charge in [-0.1, -0.05) is 30.3 Å². The molecular formula is C14H13N3O3. The van der Waals surface area contributed by atoms with Crippen LogP contribution in [0.2, 0.25) is 0 Å². The molecule has 20 heavy (non-hydrogen) atoms. The van der Waals surface area contributed by atoms with Crippen molar-refractivity contribution in [2.45, 2.75) is 0 Å². The number of anilines is 2. The lowest BCUT2D eigenvalue weighted by molar-refractivity contribution is -0.383. The zero-order valence-corrected chi connectivity index (χ0v) is 10.6. The molecule has 0 saturated heterocycles. The van der Waals surface area contributed by atoms with Crippen LogP contribution in [0, 0.1) is 10.1 Å². The summed E-state index contributed by atoms with van der Waals surface area (Å²) in [5, 5.41) is 16.3. The van der Waals surface area contributed by atoms with E-state index in [0.29, 0.717) is 11.4 Å². The molecule has 102 valence electrons. The number of para-hydroxylation sites is 3. The monoisotopic (exact) mass is 271 g/mol. The van der Waals surface area contributed by atoms with E-state index in [-0.39, 0.29) is 18.1 Å². The maximum absolute atomic E-state index is 11.7. The molecule has 0 heterocycles. The van der Waals surface area contributed by atoms with Crippen LogP contribution in [0.4, 0.5) is 17.1 Å². The summed E-state index contributed by atoms with van der Waals surface area (Å²) in [6.07, 6.45) is 0. The van der Waals surface area contributed by atoms with Crippen LogP contribution in [0.1, 0.15) is 0 Å². The van der Waals surface area contributed by atoms with E-state index >= 15 is 0 Å². The molecule has 0 atom stereocenters. The van der Waals surface area contributed by atoms with Gasteiger partial charge < -0.3 is 10.6 Å². The Balaban J connectivity index is 1.96. The first-order chi connectivity index (χ1) is 9.66. The molecule has 0 spiro atoms. The minimum atomic E-state index is -0.489. The molecule has 0 aliphatic rings. The first-order valence-electron chi connectivity index (χ1n) is 5.99. The SMILES string of the molecule is O=C(CNc1ccccc1[N+](=O)[O-])Nc1ccccc1. The number of rotatable bonds is 5. The summed E-state index contributed by atoms with van der Waals surface area (Å²) in [7, 11) is 0. The third kappa shape index (κ3) is 3.55. The van der Waals surface area contributed by atoms with Gasteiger partial charge in [0.1, 0.15) is 5.69 Å². The lowest BCUT2D eigenvalue weighted by Gasteiger charge is -2.08. The highest BCUT2D eigenvalue weighted by Gasteiger charge is 2.12. The predicted molar refractivity (Wildman–Crippen MR) is 76.7 cm³/mol. The Morgan fingerprint density at radius 2 is 1.70 bits per heavy atom. The van der Waals surface area contributed by atoms with Crippen LogP contribution in [-0.4, -0.2) is 17.4 Å². The van der Waals surface area contributed by atoms with Gasteiger partial charge in [-0.3, -0.25) is 14.9 Å². The minimum absolute atomic E-state index is 0.0419. The number of nitro benzene ring substituents is 1. The van der Waals surface area contributed by atoms with Crippen molar-refractivity contribution in [2.75, 3.05) is 17.2 Å². The van der Waals surface area contributed by atoms with Crippen molar-refractivity contribution in [3.8, 4) is 0 Å². The highest BCUT2D eigenvalue weighted by Crippen LogP contribution is 2.22. The third-order valence-corrected chi connectivity index (χ3v) is 2.60. The fraction of sp³-hybridized carbons (Fsp3) is 0.0714. The van der Waals surface area contributed by atoms with Gasteiger partial charge in [-0.05, 0) is 18.2 Å². The molecule has 2 aromatic carbocycles. The molecule has 6 nitrogen and oxygen atoms in total. The largest absolute Gasteiger partial charge is 0.371 e. The summed E-state index contributed by atoms with van der Waals surface area (Å²) in [5.41, 5.74) is 0.947. The van der Waals surface area contributed by atoms with E-state index in [1.165, 1.54) is 6.07 Å². The first-order valence-corrected chi connectivity index (χ1v) is 5.99. The smallest absolute Gasteiger partial charge is 0.292 e. The molecule has 0 saturated carbocycles. The Kier molecular flexibility index (Phi) is 4.28. The summed E-state index contributed by atoms with van der Waals surface area (Å²) < 4.78 is 0. The quantitative estimate of drug-likeness (QED) is 0.646. The van der Waals surface area contributed by atoms with Gasteiger partial charge >= 0.3 is 0 Å². The molecule has 1 amide bonds. The van der Waals surface area contributed by atoms with Gasteiger partial charge in [0.15, 0.2) is 0 Å². The molecule has 2 N–H and O–H groups in total. The van der Waals surface area contributed by atoms with Crippen molar-refractivity contribution in [3.63, 3.8) is 0 Å². The van der Waals surface area contributed by atoms with Crippen molar-refractivity contribution in [1.29, 1.82) is 0 Å². The average molecular weight is 271 g/mol. The summed E-state index contributed by atoms with van der Waals surface area (Å²) >= 11 is 0. The Bertz CT molecular complexity index is 614. The Labute approximate surface area is 115 Å². The van der Waals surface area contributed by atoms with Gasteiger partial charge in [0.2, 0.25) is 5.91 Å². The van der Waals surface area contributed by atoms with Gasteiger partial charge in [0.05, 0.1) is 11.5 Å². The molecule has 0 radical (unpaired) electrons. The fourth-order valence-electron chi connectivity index (χ4n) is 1.68. The van der Waals surface area contributed by atoms with E-state index in [1.807, 2.05) is 18.2 Å². The normalized spacial score (nSPS) is 9.80. The second-order valence-electron chi connectivity index (χ2n) is 4.04. The van der Waals surface area contributed by atoms with E-state index in [2.05, 4.69) is 10.6 Å². The molecule has 0 fully saturated rings. The number of nitrogens with zero attached hydrogens (tertiary/aromatic N) is 1. The number of benzene rings is 2. The molecule has 0 aromatic heterocycles.